The van der Waals surface area contributed by atoms with E-state index < -0.39 is 0 Å². The number of anilines is 1. The lowest BCUT2D eigenvalue weighted by Gasteiger charge is -2.14. The Morgan fingerprint density at radius 2 is 2.28 bits per heavy atom. The molecule has 5 nitrogen and oxygen atoms in total. The molecule has 2 aromatic rings. The van der Waals surface area contributed by atoms with Crippen molar-refractivity contribution < 1.29 is 4.79 Å². The number of amides is 1. The minimum absolute atomic E-state index is 0.0961. The summed E-state index contributed by atoms with van der Waals surface area (Å²) in [5.41, 5.74) is 7.93. The summed E-state index contributed by atoms with van der Waals surface area (Å²) < 4.78 is 1.60. The van der Waals surface area contributed by atoms with Crippen LogP contribution in [0.3, 0.4) is 0 Å². The number of aromatic nitrogens is 2. The third kappa shape index (κ3) is 2.68. The van der Waals surface area contributed by atoms with Crippen LogP contribution < -0.4 is 11.1 Å². The molecular weight excluding hydrogens is 228 g/mol. The summed E-state index contributed by atoms with van der Waals surface area (Å²) in [6, 6.07) is 7.39. The van der Waals surface area contributed by atoms with Crippen molar-refractivity contribution in [1.29, 1.82) is 0 Å². The first-order valence-electron chi connectivity index (χ1n) is 5.71. The molecule has 0 fully saturated rings. The second-order valence-corrected chi connectivity index (χ2v) is 4.27. The van der Waals surface area contributed by atoms with Crippen LogP contribution in [0.4, 0.5) is 5.69 Å². The lowest BCUT2D eigenvalue weighted by Crippen LogP contribution is -2.26. The van der Waals surface area contributed by atoms with E-state index in [0.717, 1.165) is 5.56 Å². The molecule has 1 heterocycles. The number of benzene rings is 1. The fraction of sp³-hybridized carbons (Fsp3) is 0.231. The Bertz CT molecular complexity index is 562. The monoisotopic (exact) mass is 244 g/mol. The number of hydrogen-bond donors (Lipinski definition) is 2. The minimum atomic E-state index is -0.141. The molecule has 0 saturated carbocycles. The molecule has 3 N–H and O–H groups in total. The molecule has 0 aliphatic heterocycles. The topological polar surface area (TPSA) is 72.9 Å². The van der Waals surface area contributed by atoms with Gasteiger partial charge in [0.15, 0.2) is 0 Å². The van der Waals surface area contributed by atoms with E-state index in [4.69, 9.17) is 5.73 Å². The third-order valence-corrected chi connectivity index (χ3v) is 2.73. The van der Waals surface area contributed by atoms with E-state index in [0.29, 0.717) is 11.3 Å². The van der Waals surface area contributed by atoms with Gasteiger partial charge in [0.25, 0.3) is 5.91 Å². The molecule has 1 aromatic heterocycles. The van der Waals surface area contributed by atoms with Gasteiger partial charge < -0.3 is 11.1 Å². The van der Waals surface area contributed by atoms with Crippen molar-refractivity contribution in [2.45, 2.75) is 13.0 Å². The van der Waals surface area contributed by atoms with Crippen LogP contribution in [-0.4, -0.2) is 15.7 Å². The van der Waals surface area contributed by atoms with Crippen LogP contribution >= 0.6 is 0 Å². The molecular formula is C13H16N4O. The fourth-order valence-electron chi connectivity index (χ4n) is 1.73. The quantitative estimate of drug-likeness (QED) is 0.803. The van der Waals surface area contributed by atoms with Crippen molar-refractivity contribution in [3.8, 4) is 0 Å². The first-order valence-corrected chi connectivity index (χ1v) is 5.71. The first-order chi connectivity index (χ1) is 8.56. The van der Waals surface area contributed by atoms with Crippen molar-refractivity contribution >= 4 is 11.6 Å². The Hall–Kier alpha value is -2.30. The summed E-state index contributed by atoms with van der Waals surface area (Å²) in [4.78, 5) is 11.9. The van der Waals surface area contributed by atoms with Crippen molar-refractivity contribution in [3.63, 3.8) is 0 Å². The summed E-state index contributed by atoms with van der Waals surface area (Å²) in [7, 11) is 1.78. The number of nitrogens with zero attached hydrogens (tertiary/aromatic N) is 2. The number of nitrogens with two attached hydrogens (primary N) is 1. The number of rotatable bonds is 3. The Balaban J connectivity index is 2.07. The minimum Gasteiger partial charge on any atom is -0.399 e. The molecule has 0 aliphatic rings. The van der Waals surface area contributed by atoms with Gasteiger partial charge in [-0.05, 0) is 24.6 Å². The molecule has 0 radical (unpaired) electrons. The van der Waals surface area contributed by atoms with Gasteiger partial charge in [-0.2, -0.15) is 5.10 Å². The summed E-state index contributed by atoms with van der Waals surface area (Å²) in [6.45, 7) is 1.92. The van der Waals surface area contributed by atoms with Crippen LogP contribution in [-0.2, 0) is 7.05 Å². The smallest absolute Gasteiger partial charge is 0.254 e. The van der Waals surface area contributed by atoms with Gasteiger partial charge in [0.2, 0.25) is 0 Å². The Morgan fingerprint density at radius 1 is 1.50 bits per heavy atom. The average Bonchev–Trinajstić information content (AvgIpc) is 2.76. The Morgan fingerprint density at radius 3 is 2.89 bits per heavy atom. The summed E-state index contributed by atoms with van der Waals surface area (Å²) in [5.74, 6) is -0.141. The van der Waals surface area contributed by atoms with E-state index in [2.05, 4.69) is 10.4 Å². The zero-order valence-electron chi connectivity index (χ0n) is 10.4. The van der Waals surface area contributed by atoms with Crippen LogP contribution in [0.2, 0.25) is 0 Å². The van der Waals surface area contributed by atoms with Crippen LogP contribution in [0.25, 0.3) is 0 Å². The number of carbonyl (C=O) groups excluding carboxylic acids is 1. The summed E-state index contributed by atoms with van der Waals surface area (Å²) >= 11 is 0. The van der Waals surface area contributed by atoms with Gasteiger partial charge >= 0.3 is 0 Å². The molecule has 0 spiro atoms. The van der Waals surface area contributed by atoms with Gasteiger partial charge in [0.05, 0.1) is 17.8 Å². The van der Waals surface area contributed by atoms with E-state index in [1.54, 1.807) is 24.1 Å². The van der Waals surface area contributed by atoms with Crippen molar-refractivity contribution in [2.75, 3.05) is 5.73 Å². The zero-order valence-corrected chi connectivity index (χ0v) is 10.4. The van der Waals surface area contributed by atoms with Gasteiger partial charge in [-0.15, -0.1) is 0 Å². The molecule has 94 valence electrons. The van der Waals surface area contributed by atoms with Crippen LogP contribution in [0.5, 0.6) is 0 Å². The van der Waals surface area contributed by atoms with Gasteiger partial charge in [0.1, 0.15) is 0 Å². The first kappa shape index (κ1) is 12.2. The second-order valence-electron chi connectivity index (χ2n) is 4.27. The molecule has 1 unspecified atom stereocenters. The molecule has 1 aromatic carbocycles. The number of nitrogen functional groups attached to an aromatic ring is 1. The van der Waals surface area contributed by atoms with E-state index in [1.807, 2.05) is 31.2 Å². The standard InChI is InChI=1S/C13H16N4O/c1-9(10-4-3-5-12(14)6-10)16-13(18)11-7-15-17(2)8-11/h3-9H,14H2,1-2H3,(H,16,18). The van der Waals surface area contributed by atoms with Crippen molar-refractivity contribution in [1.82, 2.24) is 15.1 Å². The third-order valence-electron chi connectivity index (χ3n) is 2.73. The van der Waals surface area contributed by atoms with Crippen LogP contribution in [0.15, 0.2) is 36.7 Å². The molecule has 0 bridgehead atoms. The van der Waals surface area contributed by atoms with Gasteiger partial charge in [-0.1, -0.05) is 12.1 Å². The van der Waals surface area contributed by atoms with Gasteiger partial charge in [0, 0.05) is 18.9 Å². The van der Waals surface area contributed by atoms with Gasteiger partial charge in [-0.25, -0.2) is 0 Å². The fourth-order valence-corrected chi connectivity index (χ4v) is 1.73. The molecule has 0 saturated heterocycles. The molecule has 18 heavy (non-hydrogen) atoms. The second kappa shape index (κ2) is 4.91. The predicted octanol–water partition coefficient (Wildman–Crippen LogP) is 1.49. The van der Waals surface area contributed by atoms with Crippen LogP contribution in [0, 0.1) is 0 Å². The SMILES string of the molecule is CC(NC(=O)c1cnn(C)c1)c1cccc(N)c1. The average molecular weight is 244 g/mol. The highest BCUT2D eigenvalue weighted by molar-refractivity contribution is 5.93. The maximum absolute atomic E-state index is 11.9. The highest BCUT2D eigenvalue weighted by Gasteiger charge is 2.12. The highest BCUT2D eigenvalue weighted by Crippen LogP contribution is 2.15. The number of hydrogen-bond acceptors (Lipinski definition) is 3. The molecule has 2 rings (SSSR count). The Labute approximate surface area is 106 Å². The largest absolute Gasteiger partial charge is 0.399 e. The van der Waals surface area contributed by atoms with Gasteiger partial charge in [-0.3, -0.25) is 9.48 Å². The van der Waals surface area contributed by atoms with Crippen molar-refractivity contribution in [2.24, 2.45) is 7.05 Å². The summed E-state index contributed by atoms with van der Waals surface area (Å²) in [6.07, 6.45) is 3.23. The Kier molecular flexibility index (Phi) is 3.32. The van der Waals surface area contributed by atoms with E-state index in [9.17, 15) is 4.79 Å². The maximum atomic E-state index is 11.9. The number of aryl methyl sites for hydroxylation is 1. The van der Waals surface area contributed by atoms with Crippen molar-refractivity contribution in [3.05, 3.63) is 47.8 Å². The number of nitrogens with one attached hydrogen (secondary N) is 1. The van der Waals surface area contributed by atoms with Crippen LogP contribution in [0.1, 0.15) is 28.9 Å². The number of carbonyl (C=O) groups is 1. The molecule has 1 atom stereocenters. The predicted molar refractivity (Wildman–Crippen MR) is 69.9 cm³/mol. The maximum Gasteiger partial charge on any atom is 0.254 e. The summed E-state index contributed by atoms with van der Waals surface area (Å²) in [5, 5.41) is 6.87. The normalized spacial score (nSPS) is 12.1. The molecule has 0 aliphatic carbocycles. The zero-order chi connectivity index (χ0) is 13.1. The lowest BCUT2D eigenvalue weighted by molar-refractivity contribution is 0.0940. The van der Waals surface area contributed by atoms with E-state index in [-0.39, 0.29) is 11.9 Å². The molecule has 1 amide bonds. The lowest BCUT2D eigenvalue weighted by atomic mass is 10.1. The van der Waals surface area contributed by atoms with E-state index in [1.165, 1.54) is 0 Å². The molecule has 5 heteroatoms. The highest BCUT2D eigenvalue weighted by atomic mass is 16.1. The van der Waals surface area contributed by atoms with E-state index >= 15 is 0 Å².